The highest BCUT2D eigenvalue weighted by Crippen LogP contribution is 2.44. The van der Waals surface area contributed by atoms with Crippen molar-refractivity contribution in [2.45, 2.75) is 25.0 Å². The van der Waals surface area contributed by atoms with E-state index in [1.54, 1.807) is 7.11 Å². The maximum Gasteiger partial charge on any atom is 0.407 e. The fourth-order valence-electron chi connectivity index (χ4n) is 3.68. The Morgan fingerprint density at radius 2 is 1.53 bits per heavy atom. The molecule has 8 heteroatoms. The standard InChI is InChI=1S/C24H29NO7/c1-16(26)22(23(27)31-14-13-30-12-11-29-2)25-24(28)32-15-21-19-9-5-3-7-17(19)18-8-4-6-10-20(18)21/h3-10,16,21-22,26H,11-15H2,1-2H3,(H,25,28)/t16-,22+/m1/s1. The minimum Gasteiger partial charge on any atom is -0.462 e. The second-order valence-electron chi connectivity index (χ2n) is 7.46. The van der Waals surface area contributed by atoms with Gasteiger partial charge in [0.1, 0.15) is 13.2 Å². The van der Waals surface area contributed by atoms with Gasteiger partial charge in [-0.1, -0.05) is 48.5 Å². The summed E-state index contributed by atoms with van der Waals surface area (Å²) in [6.07, 6.45) is -1.96. The molecule has 0 aromatic heterocycles. The van der Waals surface area contributed by atoms with Crippen LogP contribution in [0, 0.1) is 0 Å². The molecule has 32 heavy (non-hydrogen) atoms. The third kappa shape index (κ3) is 5.85. The van der Waals surface area contributed by atoms with Crippen molar-refractivity contribution in [3.8, 4) is 11.1 Å². The fourth-order valence-corrected chi connectivity index (χ4v) is 3.68. The number of esters is 1. The van der Waals surface area contributed by atoms with E-state index >= 15 is 0 Å². The molecule has 0 fully saturated rings. The van der Waals surface area contributed by atoms with E-state index in [4.69, 9.17) is 18.9 Å². The highest BCUT2D eigenvalue weighted by atomic mass is 16.6. The average Bonchev–Trinajstić information content (AvgIpc) is 3.12. The lowest BCUT2D eigenvalue weighted by molar-refractivity contribution is -0.150. The second-order valence-corrected chi connectivity index (χ2v) is 7.46. The first-order chi connectivity index (χ1) is 15.5. The van der Waals surface area contributed by atoms with Crippen LogP contribution in [0.4, 0.5) is 4.79 Å². The van der Waals surface area contributed by atoms with Gasteiger partial charge in [0.15, 0.2) is 6.04 Å². The number of methoxy groups -OCH3 is 1. The van der Waals surface area contributed by atoms with Crippen LogP contribution in [0.1, 0.15) is 24.0 Å². The largest absolute Gasteiger partial charge is 0.462 e. The summed E-state index contributed by atoms with van der Waals surface area (Å²) < 4.78 is 20.6. The Morgan fingerprint density at radius 1 is 0.938 bits per heavy atom. The van der Waals surface area contributed by atoms with E-state index in [2.05, 4.69) is 5.32 Å². The molecule has 8 nitrogen and oxygen atoms in total. The molecular formula is C24H29NO7. The summed E-state index contributed by atoms with van der Waals surface area (Å²) in [5.41, 5.74) is 4.41. The summed E-state index contributed by atoms with van der Waals surface area (Å²) in [4.78, 5) is 24.7. The van der Waals surface area contributed by atoms with Crippen molar-refractivity contribution in [2.24, 2.45) is 0 Å². The molecule has 0 aliphatic heterocycles. The molecule has 1 aliphatic carbocycles. The van der Waals surface area contributed by atoms with Crippen molar-refractivity contribution in [2.75, 3.05) is 40.1 Å². The van der Waals surface area contributed by atoms with E-state index in [0.717, 1.165) is 22.3 Å². The molecule has 1 aliphatic rings. The van der Waals surface area contributed by atoms with Gasteiger partial charge in [-0.25, -0.2) is 9.59 Å². The Bertz CT molecular complexity index is 869. The van der Waals surface area contributed by atoms with Crippen LogP contribution in [0.15, 0.2) is 48.5 Å². The number of aliphatic hydroxyl groups is 1. The molecule has 172 valence electrons. The van der Waals surface area contributed by atoms with Crippen molar-refractivity contribution in [1.82, 2.24) is 5.32 Å². The molecule has 0 spiro atoms. The minimum atomic E-state index is -1.25. The summed E-state index contributed by atoms with van der Waals surface area (Å²) in [6, 6.07) is 14.8. The molecule has 3 rings (SSSR count). The van der Waals surface area contributed by atoms with Gasteiger partial charge < -0.3 is 29.4 Å². The van der Waals surface area contributed by atoms with Crippen LogP contribution in [0.25, 0.3) is 11.1 Å². The maximum atomic E-state index is 12.4. The molecule has 0 saturated carbocycles. The number of rotatable bonds is 11. The molecule has 2 aromatic rings. The van der Waals surface area contributed by atoms with E-state index in [9.17, 15) is 14.7 Å². The van der Waals surface area contributed by atoms with Gasteiger partial charge in [0.05, 0.1) is 25.9 Å². The number of nitrogens with one attached hydrogen (secondary N) is 1. The summed E-state index contributed by atoms with van der Waals surface area (Å²) in [7, 11) is 1.56. The molecule has 0 unspecified atom stereocenters. The fraction of sp³-hybridized carbons (Fsp3) is 0.417. The number of hydrogen-bond donors (Lipinski definition) is 2. The van der Waals surface area contributed by atoms with E-state index < -0.39 is 24.2 Å². The Balaban J connectivity index is 1.53. The van der Waals surface area contributed by atoms with Crippen LogP contribution in [0.5, 0.6) is 0 Å². The molecule has 2 atom stereocenters. The number of hydrogen-bond acceptors (Lipinski definition) is 7. The number of carbonyl (C=O) groups is 2. The van der Waals surface area contributed by atoms with Gasteiger partial charge in [0.25, 0.3) is 0 Å². The predicted octanol–water partition coefficient (Wildman–Crippen LogP) is 2.48. The predicted molar refractivity (Wildman–Crippen MR) is 117 cm³/mol. The smallest absolute Gasteiger partial charge is 0.407 e. The highest BCUT2D eigenvalue weighted by Gasteiger charge is 2.31. The molecule has 2 N–H and O–H groups in total. The van der Waals surface area contributed by atoms with E-state index in [1.807, 2.05) is 48.5 Å². The molecule has 0 saturated heterocycles. The first-order valence-corrected chi connectivity index (χ1v) is 10.6. The van der Waals surface area contributed by atoms with Crippen LogP contribution >= 0.6 is 0 Å². The van der Waals surface area contributed by atoms with E-state index in [-0.39, 0.29) is 25.7 Å². The third-order valence-corrected chi connectivity index (χ3v) is 5.26. The van der Waals surface area contributed by atoms with E-state index in [0.29, 0.717) is 13.2 Å². The molecule has 0 heterocycles. The Labute approximate surface area is 187 Å². The zero-order valence-electron chi connectivity index (χ0n) is 18.3. The zero-order valence-corrected chi connectivity index (χ0v) is 18.3. The van der Waals surface area contributed by atoms with Gasteiger partial charge in [-0.15, -0.1) is 0 Å². The lowest BCUT2D eigenvalue weighted by Crippen LogP contribution is -2.49. The number of benzene rings is 2. The number of alkyl carbamates (subject to hydrolysis) is 1. The summed E-state index contributed by atoms with van der Waals surface area (Å²) >= 11 is 0. The number of aliphatic hydroxyl groups excluding tert-OH is 1. The van der Waals surface area contributed by atoms with Crippen molar-refractivity contribution < 1.29 is 33.6 Å². The van der Waals surface area contributed by atoms with Crippen molar-refractivity contribution >= 4 is 12.1 Å². The first kappa shape index (κ1) is 23.7. The Hall–Kier alpha value is -2.94. The van der Waals surface area contributed by atoms with Crippen LogP contribution in [0.3, 0.4) is 0 Å². The molecule has 0 radical (unpaired) electrons. The van der Waals surface area contributed by atoms with Crippen LogP contribution in [-0.4, -0.2) is 69.5 Å². The van der Waals surface area contributed by atoms with Gasteiger partial charge in [-0.05, 0) is 29.2 Å². The Kier molecular flexibility index (Phi) is 8.61. The first-order valence-electron chi connectivity index (χ1n) is 10.6. The molecular weight excluding hydrogens is 414 g/mol. The quantitative estimate of drug-likeness (QED) is 0.406. The number of carbonyl (C=O) groups excluding carboxylic acids is 2. The monoisotopic (exact) mass is 443 g/mol. The van der Waals surface area contributed by atoms with Crippen molar-refractivity contribution in [3.05, 3.63) is 59.7 Å². The summed E-state index contributed by atoms with van der Waals surface area (Å²) in [5.74, 6) is -0.863. The molecule has 0 bridgehead atoms. The van der Waals surface area contributed by atoms with Gasteiger partial charge >= 0.3 is 12.1 Å². The number of fused-ring (bicyclic) bond motifs is 3. The van der Waals surface area contributed by atoms with Crippen molar-refractivity contribution in [1.29, 1.82) is 0 Å². The lowest BCUT2D eigenvalue weighted by atomic mass is 9.98. The normalized spacial score (nSPS) is 14.2. The molecule has 1 amide bonds. The van der Waals surface area contributed by atoms with Gasteiger partial charge in [-0.2, -0.15) is 0 Å². The maximum absolute atomic E-state index is 12.4. The van der Waals surface area contributed by atoms with Crippen LogP contribution in [0.2, 0.25) is 0 Å². The minimum absolute atomic E-state index is 0.00185. The second kappa shape index (κ2) is 11.6. The lowest BCUT2D eigenvalue weighted by Gasteiger charge is -2.21. The zero-order chi connectivity index (χ0) is 22.9. The third-order valence-electron chi connectivity index (χ3n) is 5.26. The van der Waals surface area contributed by atoms with Gasteiger partial charge in [0.2, 0.25) is 0 Å². The van der Waals surface area contributed by atoms with Crippen LogP contribution in [-0.2, 0) is 23.7 Å². The number of amides is 1. The summed E-state index contributed by atoms with van der Waals surface area (Å²) in [6.45, 7) is 2.50. The van der Waals surface area contributed by atoms with Gasteiger partial charge in [-0.3, -0.25) is 0 Å². The van der Waals surface area contributed by atoms with Crippen LogP contribution < -0.4 is 5.32 Å². The van der Waals surface area contributed by atoms with E-state index in [1.165, 1.54) is 6.92 Å². The average molecular weight is 443 g/mol. The summed E-state index contributed by atoms with van der Waals surface area (Å²) in [5, 5.41) is 12.3. The van der Waals surface area contributed by atoms with Crippen molar-refractivity contribution in [3.63, 3.8) is 0 Å². The van der Waals surface area contributed by atoms with Gasteiger partial charge in [0, 0.05) is 13.0 Å². The Morgan fingerprint density at radius 3 is 2.12 bits per heavy atom. The number of ether oxygens (including phenoxy) is 4. The SMILES string of the molecule is COCCOCCOC(=O)[C@@H](NC(=O)OCC1c2ccccc2-c2ccccc21)[C@@H](C)O. The molecule has 2 aromatic carbocycles. The topological polar surface area (TPSA) is 103 Å². The highest BCUT2D eigenvalue weighted by molar-refractivity contribution is 5.82.